The Hall–Kier alpha value is -2.46. The molecule has 0 spiro atoms. The van der Waals surface area contributed by atoms with E-state index in [-0.39, 0.29) is 24.7 Å². The molecule has 2 rings (SSSR count). The molecule has 0 unspecified atom stereocenters. The monoisotopic (exact) mass is 283 g/mol. The van der Waals surface area contributed by atoms with Gasteiger partial charge in [-0.25, -0.2) is 0 Å². The van der Waals surface area contributed by atoms with E-state index in [0.717, 1.165) is 0 Å². The van der Waals surface area contributed by atoms with Crippen molar-refractivity contribution in [2.75, 3.05) is 11.9 Å². The third kappa shape index (κ3) is 4.00. The lowest BCUT2D eigenvalue weighted by Gasteiger charge is -2.10. The van der Waals surface area contributed by atoms with Crippen molar-refractivity contribution in [3.05, 3.63) is 65.7 Å². The predicted molar refractivity (Wildman–Crippen MR) is 81.3 cm³/mol. The molecule has 0 saturated heterocycles. The lowest BCUT2D eigenvalue weighted by molar-refractivity contribution is -0.116. The fourth-order valence-electron chi connectivity index (χ4n) is 1.99. The van der Waals surface area contributed by atoms with E-state index in [1.54, 1.807) is 48.5 Å². The van der Waals surface area contributed by atoms with Gasteiger partial charge in [0.25, 0.3) is 0 Å². The Morgan fingerprint density at radius 2 is 1.62 bits per heavy atom. The fraction of sp³-hybridized carbons (Fsp3) is 0.176. The van der Waals surface area contributed by atoms with Gasteiger partial charge in [-0.15, -0.1) is 0 Å². The van der Waals surface area contributed by atoms with Gasteiger partial charge in [-0.2, -0.15) is 0 Å². The van der Waals surface area contributed by atoms with Crippen LogP contribution < -0.4 is 5.32 Å². The van der Waals surface area contributed by atoms with Crippen molar-refractivity contribution in [3.8, 4) is 0 Å². The first-order valence-corrected chi connectivity index (χ1v) is 6.82. The Bertz CT molecular complexity index is 623. The van der Waals surface area contributed by atoms with E-state index < -0.39 is 0 Å². The fourth-order valence-corrected chi connectivity index (χ4v) is 1.99. The van der Waals surface area contributed by atoms with Crippen molar-refractivity contribution in [3.63, 3.8) is 0 Å². The highest BCUT2D eigenvalue weighted by atomic mass is 16.3. The molecule has 4 nitrogen and oxygen atoms in total. The zero-order chi connectivity index (χ0) is 15.1. The second kappa shape index (κ2) is 7.36. The van der Waals surface area contributed by atoms with Gasteiger partial charge < -0.3 is 10.4 Å². The molecular weight excluding hydrogens is 266 g/mol. The molecule has 108 valence electrons. The molecule has 0 aromatic heterocycles. The van der Waals surface area contributed by atoms with E-state index in [0.29, 0.717) is 23.2 Å². The van der Waals surface area contributed by atoms with Crippen molar-refractivity contribution in [2.45, 2.75) is 12.8 Å². The van der Waals surface area contributed by atoms with Crippen molar-refractivity contribution >= 4 is 17.4 Å². The zero-order valence-electron chi connectivity index (χ0n) is 11.6. The SMILES string of the molecule is O=C(CCCO)Nc1ccccc1C(=O)c1ccccc1. The van der Waals surface area contributed by atoms with E-state index in [9.17, 15) is 9.59 Å². The van der Waals surface area contributed by atoms with Gasteiger partial charge in [0.15, 0.2) is 5.78 Å². The van der Waals surface area contributed by atoms with Gasteiger partial charge in [-0.05, 0) is 18.6 Å². The van der Waals surface area contributed by atoms with Gasteiger partial charge in [-0.3, -0.25) is 9.59 Å². The van der Waals surface area contributed by atoms with Crippen LogP contribution in [0.3, 0.4) is 0 Å². The van der Waals surface area contributed by atoms with Gasteiger partial charge in [0.1, 0.15) is 0 Å². The van der Waals surface area contributed by atoms with Crippen LogP contribution in [0.25, 0.3) is 0 Å². The average Bonchev–Trinajstić information content (AvgIpc) is 2.53. The quantitative estimate of drug-likeness (QED) is 0.801. The van der Waals surface area contributed by atoms with Gasteiger partial charge >= 0.3 is 0 Å². The van der Waals surface area contributed by atoms with E-state index in [1.807, 2.05) is 6.07 Å². The van der Waals surface area contributed by atoms with Gasteiger partial charge in [0, 0.05) is 24.2 Å². The summed E-state index contributed by atoms with van der Waals surface area (Å²) >= 11 is 0. The minimum atomic E-state index is -0.211. The van der Waals surface area contributed by atoms with Crippen LogP contribution in [0.5, 0.6) is 0 Å². The average molecular weight is 283 g/mol. The number of benzene rings is 2. The summed E-state index contributed by atoms with van der Waals surface area (Å²) in [6, 6.07) is 15.9. The molecule has 0 aliphatic heterocycles. The highest BCUT2D eigenvalue weighted by molar-refractivity contribution is 6.13. The molecule has 0 heterocycles. The molecule has 1 amide bonds. The van der Waals surface area contributed by atoms with Crippen molar-refractivity contribution < 1.29 is 14.7 Å². The lowest BCUT2D eigenvalue weighted by Crippen LogP contribution is -2.15. The number of rotatable bonds is 6. The standard InChI is InChI=1S/C17H17NO3/c19-12-6-11-16(20)18-15-10-5-4-9-14(15)17(21)13-7-2-1-3-8-13/h1-5,7-10,19H,6,11-12H2,(H,18,20). The molecule has 4 heteroatoms. The first kappa shape index (κ1) is 14.9. The molecule has 2 N–H and O–H groups in total. The number of carbonyl (C=O) groups is 2. The molecule has 2 aromatic carbocycles. The van der Waals surface area contributed by atoms with Gasteiger partial charge in [0.2, 0.25) is 5.91 Å². The van der Waals surface area contributed by atoms with Crippen LogP contribution in [0.2, 0.25) is 0 Å². The summed E-state index contributed by atoms with van der Waals surface area (Å²) in [7, 11) is 0. The topological polar surface area (TPSA) is 66.4 Å². The Labute approximate surface area is 123 Å². The van der Waals surface area contributed by atoms with Gasteiger partial charge in [0.05, 0.1) is 5.69 Å². The molecule has 0 saturated carbocycles. The third-order valence-electron chi connectivity index (χ3n) is 3.04. The first-order chi connectivity index (χ1) is 10.2. The predicted octanol–water partition coefficient (Wildman–Crippen LogP) is 2.63. The van der Waals surface area contributed by atoms with Crippen molar-refractivity contribution in [1.82, 2.24) is 0 Å². The second-order valence-corrected chi connectivity index (χ2v) is 4.62. The minimum absolute atomic E-state index is 0.0297. The van der Waals surface area contributed by atoms with E-state index in [1.165, 1.54) is 0 Å². The number of hydrogen-bond acceptors (Lipinski definition) is 3. The summed E-state index contributed by atoms with van der Waals surface area (Å²) in [4.78, 5) is 24.2. The Morgan fingerprint density at radius 3 is 2.33 bits per heavy atom. The molecule has 0 aliphatic rings. The minimum Gasteiger partial charge on any atom is -0.396 e. The molecule has 0 atom stereocenters. The number of carbonyl (C=O) groups excluding carboxylic acids is 2. The molecular formula is C17H17NO3. The number of ketones is 1. The third-order valence-corrected chi connectivity index (χ3v) is 3.04. The van der Waals surface area contributed by atoms with Crippen LogP contribution in [0.1, 0.15) is 28.8 Å². The van der Waals surface area contributed by atoms with Crippen LogP contribution >= 0.6 is 0 Å². The van der Waals surface area contributed by atoms with Crippen LogP contribution in [0.15, 0.2) is 54.6 Å². The molecule has 2 aromatic rings. The normalized spacial score (nSPS) is 10.1. The first-order valence-electron chi connectivity index (χ1n) is 6.82. The number of aliphatic hydroxyl groups excluding tert-OH is 1. The number of anilines is 1. The maximum atomic E-state index is 12.5. The molecule has 0 fully saturated rings. The van der Waals surface area contributed by atoms with E-state index in [2.05, 4.69) is 5.32 Å². The summed E-state index contributed by atoms with van der Waals surface area (Å²) in [6.07, 6.45) is 0.630. The van der Waals surface area contributed by atoms with Crippen molar-refractivity contribution in [2.24, 2.45) is 0 Å². The smallest absolute Gasteiger partial charge is 0.224 e. The molecule has 21 heavy (non-hydrogen) atoms. The Kier molecular flexibility index (Phi) is 5.23. The van der Waals surface area contributed by atoms with E-state index in [4.69, 9.17) is 5.11 Å². The number of aliphatic hydroxyl groups is 1. The van der Waals surface area contributed by atoms with Crippen molar-refractivity contribution in [1.29, 1.82) is 0 Å². The highest BCUT2D eigenvalue weighted by Gasteiger charge is 2.14. The largest absolute Gasteiger partial charge is 0.396 e. The summed E-state index contributed by atoms with van der Waals surface area (Å²) in [5.41, 5.74) is 1.53. The van der Waals surface area contributed by atoms with Crippen LogP contribution in [-0.2, 0) is 4.79 Å². The highest BCUT2D eigenvalue weighted by Crippen LogP contribution is 2.19. The maximum Gasteiger partial charge on any atom is 0.224 e. The van der Waals surface area contributed by atoms with Crippen LogP contribution in [0, 0.1) is 0 Å². The van der Waals surface area contributed by atoms with E-state index >= 15 is 0 Å². The molecule has 0 bridgehead atoms. The molecule has 0 aliphatic carbocycles. The summed E-state index contributed by atoms with van der Waals surface area (Å²) in [6.45, 7) is -0.0297. The van der Waals surface area contributed by atoms with Crippen LogP contribution in [-0.4, -0.2) is 23.4 Å². The summed E-state index contributed by atoms with van der Waals surface area (Å²) in [5.74, 6) is -0.342. The van der Waals surface area contributed by atoms with Crippen LogP contribution in [0.4, 0.5) is 5.69 Å². The number of para-hydroxylation sites is 1. The zero-order valence-corrected chi connectivity index (χ0v) is 11.6. The number of nitrogens with one attached hydrogen (secondary N) is 1. The Morgan fingerprint density at radius 1 is 0.952 bits per heavy atom. The number of amides is 1. The summed E-state index contributed by atoms with van der Waals surface area (Å²) in [5, 5.41) is 11.5. The maximum absolute atomic E-state index is 12.5. The molecule has 0 radical (unpaired) electrons. The lowest BCUT2D eigenvalue weighted by atomic mass is 10.0. The van der Waals surface area contributed by atoms with Gasteiger partial charge in [-0.1, -0.05) is 42.5 Å². The summed E-state index contributed by atoms with van der Waals surface area (Å²) < 4.78 is 0. The second-order valence-electron chi connectivity index (χ2n) is 4.62. The number of hydrogen-bond donors (Lipinski definition) is 2. The Balaban J connectivity index is 2.21.